The number of rotatable bonds is 6. The zero-order valence-electron chi connectivity index (χ0n) is 19.6. The van der Waals surface area contributed by atoms with Crippen LogP contribution in [0.25, 0.3) is 11.3 Å². The van der Waals surface area contributed by atoms with E-state index in [9.17, 15) is 18.3 Å². The molecule has 1 saturated carbocycles. The number of sulfone groups is 1. The highest BCUT2D eigenvalue weighted by molar-refractivity contribution is 7.90. The van der Waals surface area contributed by atoms with Gasteiger partial charge < -0.3 is 19.1 Å². The Morgan fingerprint density at radius 1 is 1.05 bits per heavy atom. The molecule has 1 aliphatic heterocycles. The van der Waals surface area contributed by atoms with Gasteiger partial charge >= 0.3 is 5.97 Å². The number of carboxylic acids is 1. The number of nitrogens with zero attached hydrogens (tertiary/aromatic N) is 1. The van der Waals surface area contributed by atoms with E-state index in [1.807, 2.05) is 0 Å². The minimum Gasteiger partial charge on any atom is -0.489 e. The Morgan fingerprint density at radius 3 is 2.53 bits per heavy atom. The zero-order chi connectivity index (χ0) is 26.6. The average Bonchev–Trinajstić information content (AvgIpc) is 3.65. The third kappa shape index (κ3) is 4.51. The van der Waals surface area contributed by atoms with Crippen LogP contribution in [0.4, 0.5) is 0 Å². The van der Waals surface area contributed by atoms with Crippen LogP contribution in [-0.2, 0) is 22.2 Å². The van der Waals surface area contributed by atoms with Crippen molar-refractivity contribution in [3.05, 3.63) is 87.1 Å². The van der Waals surface area contributed by atoms with E-state index in [4.69, 9.17) is 37.2 Å². The maximum absolute atomic E-state index is 13.2. The minimum atomic E-state index is -3.81. The monoisotopic (exact) mass is 571 g/mol. The first-order chi connectivity index (χ1) is 18.2. The molecule has 38 heavy (non-hydrogen) atoms. The molecule has 2 aliphatic rings. The van der Waals surface area contributed by atoms with E-state index >= 15 is 0 Å². The summed E-state index contributed by atoms with van der Waals surface area (Å²) in [6.45, 7) is 0.0497. The van der Waals surface area contributed by atoms with Crippen molar-refractivity contribution in [2.24, 2.45) is 0 Å². The highest BCUT2D eigenvalue weighted by Gasteiger charge is 2.34. The fraction of sp³-hybridized carbons (Fsp3) is 0.185. The molecule has 1 fully saturated rings. The van der Waals surface area contributed by atoms with Gasteiger partial charge in [0.1, 0.15) is 40.2 Å². The van der Waals surface area contributed by atoms with Gasteiger partial charge in [0, 0.05) is 23.1 Å². The van der Waals surface area contributed by atoms with Crippen LogP contribution in [0, 0.1) is 0 Å². The Bertz CT molecular complexity index is 1690. The van der Waals surface area contributed by atoms with Crippen LogP contribution in [0.2, 0.25) is 10.0 Å². The summed E-state index contributed by atoms with van der Waals surface area (Å²) in [4.78, 5) is 11.3. The van der Waals surface area contributed by atoms with Crippen molar-refractivity contribution in [1.29, 1.82) is 0 Å². The largest absolute Gasteiger partial charge is 0.489 e. The van der Waals surface area contributed by atoms with Crippen LogP contribution in [0.5, 0.6) is 17.2 Å². The second-order valence-electron chi connectivity index (χ2n) is 9.13. The van der Waals surface area contributed by atoms with E-state index in [1.165, 1.54) is 30.3 Å². The van der Waals surface area contributed by atoms with Crippen LogP contribution in [0.1, 0.15) is 46.0 Å². The maximum atomic E-state index is 13.2. The Hall–Kier alpha value is -3.53. The number of carboxylic acid groups (broad SMARTS) is 1. The van der Waals surface area contributed by atoms with Crippen molar-refractivity contribution < 1.29 is 32.3 Å². The highest BCUT2D eigenvalue weighted by Crippen LogP contribution is 2.46. The molecule has 6 rings (SSSR count). The Morgan fingerprint density at radius 2 is 1.82 bits per heavy atom. The SMILES string of the molecule is O=C(O)c1ccc2c(c1)Oc1ccc(OCc3c(-c4c(Cl)cccc4Cl)noc3C3CC3)cc1S(=O)(=O)C2. The van der Waals surface area contributed by atoms with Gasteiger partial charge in [0.25, 0.3) is 0 Å². The maximum Gasteiger partial charge on any atom is 0.335 e. The lowest BCUT2D eigenvalue weighted by atomic mass is 10.0. The second kappa shape index (κ2) is 9.34. The highest BCUT2D eigenvalue weighted by atomic mass is 35.5. The lowest BCUT2D eigenvalue weighted by molar-refractivity contribution is 0.0696. The predicted molar refractivity (Wildman–Crippen MR) is 139 cm³/mol. The van der Waals surface area contributed by atoms with Gasteiger partial charge in [-0.05, 0) is 49.2 Å². The molecule has 8 nitrogen and oxygen atoms in total. The fourth-order valence-corrected chi connectivity index (χ4v) is 6.50. The number of hydrogen-bond acceptors (Lipinski definition) is 7. The lowest BCUT2D eigenvalue weighted by Gasteiger charge is -2.12. The molecule has 2 heterocycles. The molecule has 11 heteroatoms. The number of hydrogen-bond donors (Lipinski definition) is 1. The molecule has 0 saturated heterocycles. The first-order valence-electron chi connectivity index (χ1n) is 11.7. The van der Waals surface area contributed by atoms with E-state index in [0.29, 0.717) is 43.9 Å². The topological polar surface area (TPSA) is 116 Å². The summed E-state index contributed by atoms with van der Waals surface area (Å²) in [5, 5.41) is 14.4. The van der Waals surface area contributed by atoms with E-state index in [-0.39, 0.29) is 40.2 Å². The summed E-state index contributed by atoms with van der Waals surface area (Å²) in [6.07, 6.45) is 1.94. The van der Waals surface area contributed by atoms with Crippen molar-refractivity contribution in [2.45, 2.75) is 36.0 Å². The smallest absolute Gasteiger partial charge is 0.335 e. The van der Waals surface area contributed by atoms with Crippen LogP contribution in [-0.4, -0.2) is 24.7 Å². The van der Waals surface area contributed by atoms with Gasteiger partial charge in [-0.1, -0.05) is 40.5 Å². The summed E-state index contributed by atoms with van der Waals surface area (Å²) in [5.41, 5.74) is 2.09. The van der Waals surface area contributed by atoms with Crippen molar-refractivity contribution >= 4 is 39.0 Å². The summed E-state index contributed by atoms with van der Waals surface area (Å²) < 4.78 is 44.0. The zero-order valence-corrected chi connectivity index (χ0v) is 21.9. The van der Waals surface area contributed by atoms with E-state index in [0.717, 1.165) is 12.8 Å². The Balaban J connectivity index is 1.33. The Kier molecular flexibility index (Phi) is 6.09. The van der Waals surface area contributed by atoms with Gasteiger partial charge in [0.2, 0.25) is 0 Å². The molecule has 1 aromatic heterocycles. The number of halogens is 2. The third-order valence-corrected chi connectivity index (χ3v) is 8.79. The van der Waals surface area contributed by atoms with Gasteiger partial charge in [-0.25, -0.2) is 13.2 Å². The average molecular weight is 572 g/mol. The molecule has 0 amide bonds. The molecule has 0 atom stereocenters. The quantitative estimate of drug-likeness (QED) is 0.266. The minimum absolute atomic E-state index is 0.000771. The summed E-state index contributed by atoms with van der Waals surface area (Å²) in [7, 11) is -3.81. The van der Waals surface area contributed by atoms with Crippen molar-refractivity contribution in [3.8, 4) is 28.5 Å². The molecule has 1 aliphatic carbocycles. The second-order valence-corrected chi connectivity index (χ2v) is 11.9. The first-order valence-corrected chi connectivity index (χ1v) is 14.1. The number of carbonyl (C=O) groups is 1. The van der Waals surface area contributed by atoms with E-state index < -0.39 is 15.8 Å². The molecule has 0 bridgehead atoms. The predicted octanol–water partition coefficient (Wildman–Crippen LogP) is 6.88. The molecule has 1 N–H and O–H groups in total. The molecular weight excluding hydrogens is 553 g/mol. The third-order valence-electron chi connectivity index (χ3n) is 6.48. The van der Waals surface area contributed by atoms with Crippen molar-refractivity contribution in [1.82, 2.24) is 5.16 Å². The molecule has 0 unspecified atom stereocenters. The molecule has 4 aromatic rings. The number of fused-ring (bicyclic) bond motifs is 2. The molecule has 194 valence electrons. The number of aromatic carboxylic acids is 1. The molecular formula is C27H19Cl2NO7S. The van der Waals surface area contributed by atoms with Crippen molar-refractivity contribution in [3.63, 3.8) is 0 Å². The summed E-state index contributed by atoms with van der Waals surface area (Å²) >= 11 is 12.9. The van der Waals surface area contributed by atoms with Crippen LogP contribution in [0.15, 0.2) is 64.0 Å². The fourth-order valence-electron chi connectivity index (χ4n) is 4.41. The lowest BCUT2D eigenvalue weighted by Crippen LogP contribution is -2.05. The normalized spacial score (nSPS) is 15.6. The van der Waals surface area contributed by atoms with Crippen molar-refractivity contribution in [2.75, 3.05) is 0 Å². The van der Waals surface area contributed by atoms with Gasteiger partial charge in [-0.3, -0.25) is 0 Å². The van der Waals surface area contributed by atoms with Gasteiger partial charge in [0.15, 0.2) is 9.84 Å². The number of benzene rings is 3. The summed E-state index contributed by atoms with van der Waals surface area (Å²) in [6, 6.07) is 13.8. The summed E-state index contributed by atoms with van der Waals surface area (Å²) in [5.74, 6) is 0.0197. The molecule has 0 spiro atoms. The molecule has 3 aromatic carbocycles. The van der Waals surface area contributed by atoms with Crippen LogP contribution < -0.4 is 9.47 Å². The first kappa shape index (κ1) is 24.8. The van der Waals surface area contributed by atoms with E-state index in [2.05, 4.69) is 5.16 Å². The Labute approximate surface area is 227 Å². The van der Waals surface area contributed by atoms with Gasteiger partial charge in [0.05, 0.1) is 26.9 Å². The van der Waals surface area contributed by atoms with Gasteiger partial charge in [-0.2, -0.15) is 0 Å². The van der Waals surface area contributed by atoms with E-state index in [1.54, 1.807) is 24.3 Å². The molecule has 0 radical (unpaired) electrons. The van der Waals surface area contributed by atoms with Crippen LogP contribution in [0.3, 0.4) is 0 Å². The number of aromatic nitrogens is 1. The standard InChI is InChI=1S/C27H19Cl2NO7S/c28-19-2-1-3-20(29)24(19)25-18(26(37-30-25)14-4-5-14)12-35-17-8-9-21-23(11-17)38(33,34)13-16-7-6-15(27(31)32)10-22(16)36-21/h1-3,6-11,14H,4-5,12-13H2,(H,31,32). The number of ether oxygens (including phenoxy) is 2. The van der Waals surface area contributed by atoms with Crippen LogP contribution >= 0.6 is 23.2 Å². The van der Waals surface area contributed by atoms with Gasteiger partial charge in [-0.15, -0.1) is 0 Å².